The van der Waals surface area contributed by atoms with Gasteiger partial charge in [0.1, 0.15) is 6.33 Å². The van der Waals surface area contributed by atoms with Crippen LogP contribution in [0.15, 0.2) is 11.5 Å². The maximum Gasteiger partial charge on any atom is 0.175 e. The van der Waals surface area contributed by atoms with Crippen LogP contribution in [-0.2, 0) is 6.42 Å². The van der Waals surface area contributed by atoms with E-state index in [1.807, 2.05) is 27.7 Å². The summed E-state index contributed by atoms with van der Waals surface area (Å²) in [4.78, 5) is 4.08. The number of hydrogen-bond donors (Lipinski definition) is 1. The molecule has 1 heterocycles. The van der Waals surface area contributed by atoms with Gasteiger partial charge in [-0.25, -0.2) is 9.67 Å². The molecule has 0 aliphatic heterocycles. The summed E-state index contributed by atoms with van der Waals surface area (Å²) in [6.07, 6.45) is 2.34. The predicted molar refractivity (Wildman–Crippen MR) is 53.5 cm³/mol. The Morgan fingerprint density at radius 3 is 2.57 bits per heavy atom. The second-order valence-corrected chi connectivity index (χ2v) is 4.13. The van der Waals surface area contributed by atoms with Gasteiger partial charge in [0.25, 0.3) is 0 Å². The molecule has 0 amide bonds. The summed E-state index contributed by atoms with van der Waals surface area (Å²) in [7, 11) is 0. The smallest absolute Gasteiger partial charge is 0.175 e. The fourth-order valence-corrected chi connectivity index (χ4v) is 1.10. The van der Waals surface area contributed by atoms with Crippen LogP contribution in [0, 0.1) is 5.41 Å². The van der Waals surface area contributed by atoms with Gasteiger partial charge in [0.05, 0.1) is 0 Å². The van der Waals surface area contributed by atoms with Crippen LogP contribution >= 0.6 is 0 Å². The van der Waals surface area contributed by atoms with Crippen molar-refractivity contribution in [2.24, 2.45) is 10.6 Å². The van der Waals surface area contributed by atoms with Crippen LogP contribution in [0.1, 0.15) is 33.5 Å². The van der Waals surface area contributed by atoms with E-state index in [2.05, 4.69) is 15.2 Å². The maximum absolute atomic E-state index is 8.90. The van der Waals surface area contributed by atoms with Crippen LogP contribution in [0.3, 0.4) is 0 Å². The lowest BCUT2D eigenvalue weighted by molar-refractivity contribution is 0.306. The Kier molecular flexibility index (Phi) is 2.88. The molecule has 0 bridgehead atoms. The molecule has 1 aromatic heterocycles. The number of rotatable bonds is 1. The van der Waals surface area contributed by atoms with Gasteiger partial charge in [0.2, 0.25) is 0 Å². The fourth-order valence-electron chi connectivity index (χ4n) is 1.10. The molecule has 5 nitrogen and oxygen atoms in total. The van der Waals surface area contributed by atoms with Crippen molar-refractivity contribution < 1.29 is 5.21 Å². The van der Waals surface area contributed by atoms with Crippen LogP contribution < -0.4 is 0 Å². The number of hydrogen-bond acceptors (Lipinski definition) is 4. The second kappa shape index (κ2) is 3.77. The van der Waals surface area contributed by atoms with Crippen LogP contribution in [0.2, 0.25) is 0 Å². The molecule has 0 spiro atoms. The van der Waals surface area contributed by atoms with E-state index in [-0.39, 0.29) is 5.41 Å². The Balaban J connectivity index is 3.03. The van der Waals surface area contributed by atoms with Crippen molar-refractivity contribution >= 4 is 5.84 Å². The first-order valence-electron chi connectivity index (χ1n) is 4.62. The molecule has 0 aromatic carbocycles. The van der Waals surface area contributed by atoms with Crippen molar-refractivity contribution in [1.29, 1.82) is 0 Å². The van der Waals surface area contributed by atoms with E-state index in [9.17, 15) is 0 Å². The van der Waals surface area contributed by atoms with Crippen LogP contribution in [0.4, 0.5) is 0 Å². The molecule has 5 heteroatoms. The lowest BCUT2D eigenvalue weighted by Crippen LogP contribution is -2.28. The van der Waals surface area contributed by atoms with E-state index >= 15 is 0 Å². The maximum atomic E-state index is 8.90. The molecule has 0 atom stereocenters. The van der Waals surface area contributed by atoms with Gasteiger partial charge in [-0.05, 0) is 0 Å². The minimum atomic E-state index is -0.256. The van der Waals surface area contributed by atoms with E-state index in [1.165, 1.54) is 4.68 Å². The van der Waals surface area contributed by atoms with Crippen molar-refractivity contribution in [2.45, 2.75) is 34.1 Å². The monoisotopic (exact) mass is 196 g/mol. The van der Waals surface area contributed by atoms with E-state index in [4.69, 9.17) is 5.21 Å². The summed E-state index contributed by atoms with van der Waals surface area (Å²) < 4.78 is 1.51. The molecule has 0 radical (unpaired) electrons. The summed E-state index contributed by atoms with van der Waals surface area (Å²) in [5, 5.41) is 16.3. The largest absolute Gasteiger partial charge is 0.409 e. The molecule has 0 aliphatic rings. The number of aromatic nitrogens is 3. The van der Waals surface area contributed by atoms with Gasteiger partial charge in [0, 0.05) is 11.8 Å². The number of nitrogens with zero attached hydrogens (tertiary/aromatic N) is 4. The van der Waals surface area contributed by atoms with Gasteiger partial charge in [-0.3, -0.25) is 0 Å². The molecule has 0 saturated heterocycles. The minimum absolute atomic E-state index is 0.256. The topological polar surface area (TPSA) is 63.3 Å². The van der Waals surface area contributed by atoms with Crippen LogP contribution in [0.25, 0.3) is 0 Å². The van der Waals surface area contributed by atoms with E-state index in [1.54, 1.807) is 6.33 Å². The molecule has 0 unspecified atom stereocenters. The molecular weight excluding hydrogens is 180 g/mol. The lowest BCUT2D eigenvalue weighted by atomic mass is 9.95. The van der Waals surface area contributed by atoms with Crippen LogP contribution in [-0.4, -0.2) is 25.8 Å². The van der Waals surface area contributed by atoms with Crippen molar-refractivity contribution in [2.75, 3.05) is 0 Å². The molecule has 1 N–H and O–H groups in total. The molecule has 0 aliphatic carbocycles. The zero-order valence-electron chi connectivity index (χ0n) is 9.02. The molecule has 0 fully saturated rings. The zero-order chi connectivity index (χ0) is 10.8. The Morgan fingerprint density at radius 1 is 1.57 bits per heavy atom. The first-order chi connectivity index (χ1) is 6.49. The molecule has 0 saturated carbocycles. The highest BCUT2D eigenvalue weighted by Crippen LogP contribution is 2.16. The van der Waals surface area contributed by atoms with Gasteiger partial charge >= 0.3 is 0 Å². The highest BCUT2D eigenvalue weighted by atomic mass is 16.4. The predicted octanol–water partition coefficient (Wildman–Crippen LogP) is 1.52. The SMILES string of the molecule is CCc1ncn(/C(=N/O)C(C)(C)C)n1. The van der Waals surface area contributed by atoms with Crippen LogP contribution in [0.5, 0.6) is 0 Å². The highest BCUT2D eigenvalue weighted by Gasteiger charge is 2.22. The molecular formula is C9H16N4O. The van der Waals surface area contributed by atoms with E-state index in [0.29, 0.717) is 5.84 Å². The highest BCUT2D eigenvalue weighted by molar-refractivity contribution is 5.87. The lowest BCUT2D eigenvalue weighted by Gasteiger charge is -2.18. The van der Waals surface area contributed by atoms with E-state index in [0.717, 1.165) is 12.2 Å². The Hall–Kier alpha value is -1.39. The van der Waals surface area contributed by atoms with Gasteiger partial charge in [-0.1, -0.05) is 32.9 Å². The fraction of sp³-hybridized carbons (Fsp3) is 0.667. The van der Waals surface area contributed by atoms with Gasteiger partial charge in [-0.2, -0.15) is 5.10 Å². The number of oxime groups is 1. The third kappa shape index (κ3) is 2.10. The summed E-state index contributed by atoms with van der Waals surface area (Å²) in [5.74, 6) is 1.24. The Bertz CT molecular complexity index is 335. The Morgan fingerprint density at radius 2 is 2.21 bits per heavy atom. The quantitative estimate of drug-likeness (QED) is 0.320. The van der Waals surface area contributed by atoms with Crippen molar-refractivity contribution in [3.8, 4) is 0 Å². The normalized spacial score (nSPS) is 13.3. The van der Waals surface area contributed by atoms with Gasteiger partial charge < -0.3 is 5.21 Å². The van der Waals surface area contributed by atoms with E-state index < -0.39 is 0 Å². The first-order valence-corrected chi connectivity index (χ1v) is 4.62. The summed E-state index contributed by atoms with van der Waals surface area (Å²) >= 11 is 0. The summed E-state index contributed by atoms with van der Waals surface area (Å²) in [6, 6.07) is 0. The standard InChI is InChI=1S/C9H16N4O/c1-5-7-10-6-13(11-7)8(12-14)9(2,3)4/h6,14H,5H2,1-4H3/b12-8+. The summed E-state index contributed by atoms with van der Waals surface area (Å²) in [5.41, 5.74) is -0.256. The van der Waals surface area contributed by atoms with Gasteiger partial charge in [0.15, 0.2) is 11.7 Å². The molecule has 1 rings (SSSR count). The zero-order valence-corrected chi connectivity index (χ0v) is 9.02. The molecule has 1 aromatic rings. The van der Waals surface area contributed by atoms with Crippen molar-refractivity contribution in [1.82, 2.24) is 14.8 Å². The third-order valence-corrected chi connectivity index (χ3v) is 1.84. The van der Waals surface area contributed by atoms with Gasteiger partial charge in [-0.15, -0.1) is 0 Å². The van der Waals surface area contributed by atoms with Crippen molar-refractivity contribution in [3.05, 3.63) is 12.2 Å². The average Bonchev–Trinajstić information content (AvgIpc) is 2.51. The number of aryl methyl sites for hydroxylation is 1. The molecule has 78 valence electrons. The second-order valence-electron chi connectivity index (χ2n) is 4.13. The third-order valence-electron chi connectivity index (χ3n) is 1.84. The summed E-state index contributed by atoms with van der Waals surface area (Å²) in [6.45, 7) is 7.84. The average molecular weight is 196 g/mol. The molecule has 14 heavy (non-hydrogen) atoms. The van der Waals surface area contributed by atoms with Crippen molar-refractivity contribution in [3.63, 3.8) is 0 Å². The Labute approximate surface area is 83.5 Å². The minimum Gasteiger partial charge on any atom is -0.409 e. The first kappa shape index (κ1) is 10.7.